The summed E-state index contributed by atoms with van der Waals surface area (Å²) in [5.74, 6) is 0.260. The number of pyridine rings is 1. The summed E-state index contributed by atoms with van der Waals surface area (Å²) in [5.41, 5.74) is 8.73. The van der Waals surface area contributed by atoms with Gasteiger partial charge in [-0.1, -0.05) is 18.9 Å². The van der Waals surface area contributed by atoms with Gasteiger partial charge in [0.15, 0.2) is 0 Å². The lowest BCUT2D eigenvalue weighted by Gasteiger charge is -2.25. The normalized spacial score (nSPS) is 16.8. The molecule has 2 N–H and O–H groups in total. The maximum Gasteiger partial charge on any atom is 0.222 e. The topological polar surface area (TPSA) is 59.2 Å². The van der Waals surface area contributed by atoms with E-state index in [0.29, 0.717) is 13.0 Å². The minimum atomic E-state index is 0.260. The molecule has 0 spiro atoms. The quantitative estimate of drug-likeness (QED) is 0.861. The van der Waals surface area contributed by atoms with Crippen molar-refractivity contribution in [3.8, 4) is 0 Å². The molecule has 4 nitrogen and oxygen atoms in total. The lowest BCUT2D eigenvalue weighted by Crippen LogP contribution is -2.32. The van der Waals surface area contributed by atoms with Crippen molar-refractivity contribution in [1.82, 2.24) is 9.88 Å². The molecular weight excluding hydrogens is 262 g/mol. The Hall–Kier alpha value is -2.10. The third kappa shape index (κ3) is 2.99. The first kappa shape index (κ1) is 13.9. The number of benzene rings is 1. The monoisotopic (exact) mass is 283 g/mol. The maximum absolute atomic E-state index is 12.3. The Morgan fingerprint density at radius 1 is 1.14 bits per heavy atom. The van der Waals surface area contributed by atoms with Crippen molar-refractivity contribution in [2.45, 2.75) is 38.6 Å². The van der Waals surface area contributed by atoms with Crippen LogP contribution in [0.15, 0.2) is 30.5 Å². The summed E-state index contributed by atoms with van der Waals surface area (Å²) in [6.07, 6.45) is 6.93. The molecule has 0 bridgehead atoms. The van der Waals surface area contributed by atoms with E-state index in [1.54, 1.807) is 6.20 Å². The second-order valence-electron chi connectivity index (χ2n) is 5.69. The maximum atomic E-state index is 12.3. The number of aromatic nitrogens is 1. The zero-order valence-corrected chi connectivity index (χ0v) is 12.2. The first-order valence-corrected chi connectivity index (χ1v) is 7.65. The average molecular weight is 283 g/mol. The molecule has 21 heavy (non-hydrogen) atoms. The summed E-state index contributed by atoms with van der Waals surface area (Å²) in [4.78, 5) is 18.7. The highest BCUT2D eigenvalue weighted by Crippen LogP contribution is 2.24. The van der Waals surface area contributed by atoms with Gasteiger partial charge in [0.05, 0.1) is 5.52 Å². The minimum Gasteiger partial charge on any atom is -0.398 e. The van der Waals surface area contributed by atoms with Crippen LogP contribution >= 0.6 is 0 Å². The molecule has 1 fully saturated rings. The predicted octanol–water partition coefficient (Wildman–Crippen LogP) is 3.11. The molecule has 0 radical (unpaired) electrons. The fourth-order valence-corrected chi connectivity index (χ4v) is 2.97. The fraction of sp³-hybridized carbons (Fsp3) is 0.412. The van der Waals surface area contributed by atoms with E-state index >= 15 is 0 Å². The molecule has 1 aliphatic rings. The van der Waals surface area contributed by atoms with Gasteiger partial charge in [-0.3, -0.25) is 9.78 Å². The molecule has 1 aromatic carbocycles. The largest absolute Gasteiger partial charge is 0.398 e. The molecule has 0 saturated carbocycles. The Labute approximate surface area is 125 Å². The highest BCUT2D eigenvalue weighted by Gasteiger charge is 2.17. The minimum absolute atomic E-state index is 0.260. The van der Waals surface area contributed by atoms with Crippen molar-refractivity contribution >= 4 is 22.5 Å². The van der Waals surface area contributed by atoms with Gasteiger partial charge in [-0.25, -0.2) is 0 Å². The number of nitrogen functional groups attached to an aromatic ring is 1. The molecule has 0 atom stereocenters. The molecule has 3 rings (SSSR count). The van der Waals surface area contributed by atoms with E-state index in [1.165, 1.54) is 12.8 Å². The third-order valence-corrected chi connectivity index (χ3v) is 4.17. The average Bonchev–Trinajstić information content (AvgIpc) is 2.49. The Bertz CT molecular complexity index is 654. The van der Waals surface area contributed by atoms with Crippen LogP contribution in [0.4, 0.5) is 5.69 Å². The van der Waals surface area contributed by atoms with Crippen molar-refractivity contribution in [2.75, 3.05) is 12.3 Å². The number of hydrogen-bond acceptors (Lipinski definition) is 3. The van der Waals surface area contributed by atoms with Gasteiger partial charge < -0.3 is 10.6 Å². The highest BCUT2D eigenvalue weighted by atomic mass is 16.2. The van der Waals surface area contributed by atoms with Gasteiger partial charge in [0.25, 0.3) is 0 Å². The van der Waals surface area contributed by atoms with Crippen LogP contribution in [0.1, 0.15) is 37.7 Å². The SMILES string of the molecule is Nc1ccc(CN2CCCCCCC2=O)c2ncccc12. The number of hydrogen-bond donors (Lipinski definition) is 1. The molecule has 110 valence electrons. The fourth-order valence-electron chi connectivity index (χ4n) is 2.97. The molecule has 1 saturated heterocycles. The van der Waals surface area contributed by atoms with E-state index in [0.717, 1.165) is 41.5 Å². The van der Waals surface area contributed by atoms with Crippen molar-refractivity contribution in [2.24, 2.45) is 0 Å². The number of amides is 1. The predicted molar refractivity (Wildman–Crippen MR) is 84.7 cm³/mol. The van der Waals surface area contributed by atoms with Crippen molar-refractivity contribution < 1.29 is 4.79 Å². The summed E-state index contributed by atoms with van der Waals surface area (Å²) >= 11 is 0. The Morgan fingerprint density at radius 3 is 2.90 bits per heavy atom. The van der Waals surface area contributed by atoms with E-state index in [-0.39, 0.29) is 5.91 Å². The van der Waals surface area contributed by atoms with E-state index in [4.69, 9.17) is 5.73 Å². The smallest absolute Gasteiger partial charge is 0.222 e. The lowest BCUT2D eigenvalue weighted by atomic mass is 10.0. The number of fused-ring (bicyclic) bond motifs is 1. The van der Waals surface area contributed by atoms with Crippen molar-refractivity contribution in [3.63, 3.8) is 0 Å². The second kappa shape index (κ2) is 6.12. The first-order chi connectivity index (χ1) is 10.3. The number of nitrogens with two attached hydrogens (primary N) is 1. The number of likely N-dealkylation sites (tertiary alicyclic amines) is 1. The van der Waals surface area contributed by atoms with Crippen LogP contribution in [0.3, 0.4) is 0 Å². The number of nitrogens with zero attached hydrogens (tertiary/aromatic N) is 2. The third-order valence-electron chi connectivity index (χ3n) is 4.17. The van der Waals surface area contributed by atoms with E-state index in [1.807, 2.05) is 29.2 Å². The summed E-state index contributed by atoms with van der Waals surface area (Å²) in [6.45, 7) is 1.48. The van der Waals surface area contributed by atoms with Crippen LogP contribution in [0.25, 0.3) is 10.9 Å². The summed E-state index contributed by atoms with van der Waals surface area (Å²) in [7, 11) is 0. The molecule has 0 aliphatic carbocycles. The van der Waals surface area contributed by atoms with Crippen molar-refractivity contribution in [1.29, 1.82) is 0 Å². The van der Waals surface area contributed by atoms with Gasteiger partial charge in [-0.15, -0.1) is 0 Å². The molecular formula is C17H21N3O. The summed E-state index contributed by atoms with van der Waals surface area (Å²) < 4.78 is 0. The molecule has 4 heteroatoms. The lowest BCUT2D eigenvalue weighted by molar-refractivity contribution is -0.132. The van der Waals surface area contributed by atoms with Crippen LogP contribution in [-0.2, 0) is 11.3 Å². The van der Waals surface area contributed by atoms with Gasteiger partial charge in [0.1, 0.15) is 0 Å². The van der Waals surface area contributed by atoms with E-state index < -0.39 is 0 Å². The van der Waals surface area contributed by atoms with Crippen LogP contribution in [0.2, 0.25) is 0 Å². The molecule has 0 unspecified atom stereocenters. The van der Waals surface area contributed by atoms with Crippen LogP contribution in [0, 0.1) is 0 Å². The summed E-state index contributed by atoms with van der Waals surface area (Å²) in [6, 6.07) is 7.78. The molecule has 2 heterocycles. The Kier molecular flexibility index (Phi) is 4.04. The van der Waals surface area contributed by atoms with Crippen LogP contribution < -0.4 is 5.73 Å². The van der Waals surface area contributed by atoms with Crippen LogP contribution in [0.5, 0.6) is 0 Å². The molecule has 1 aromatic heterocycles. The van der Waals surface area contributed by atoms with Gasteiger partial charge in [-0.05, 0) is 36.6 Å². The zero-order valence-electron chi connectivity index (χ0n) is 12.2. The Morgan fingerprint density at radius 2 is 2.00 bits per heavy atom. The summed E-state index contributed by atoms with van der Waals surface area (Å²) in [5, 5.41) is 0.967. The number of rotatable bonds is 2. The van der Waals surface area contributed by atoms with Crippen LogP contribution in [-0.4, -0.2) is 22.3 Å². The second-order valence-corrected chi connectivity index (χ2v) is 5.69. The van der Waals surface area contributed by atoms with Gasteiger partial charge >= 0.3 is 0 Å². The molecule has 1 amide bonds. The zero-order chi connectivity index (χ0) is 14.7. The van der Waals surface area contributed by atoms with Crippen molar-refractivity contribution in [3.05, 3.63) is 36.0 Å². The number of anilines is 1. The van der Waals surface area contributed by atoms with E-state index in [9.17, 15) is 4.79 Å². The highest BCUT2D eigenvalue weighted by molar-refractivity contribution is 5.92. The Balaban J connectivity index is 1.90. The van der Waals surface area contributed by atoms with Gasteiger partial charge in [0, 0.05) is 36.8 Å². The molecule has 1 aliphatic heterocycles. The van der Waals surface area contributed by atoms with E-state index in [2.05, 4.69) is 4.98 Å². The standard InChI is InChI=1S/C17H21N3O/c18-15-9-8-13(17-14(15)6-5-10-19-17)12-20-11-4-2-1-3-7-16(20)21/h5-6,8-10H,1-4,7,11-12,18H2. The number of carbonyl (C=O) groups is 1. The van der Waals surface area contributed by atoms with Gasteiger partial charge in [-0.2, -0.15) is 0 Å². The first-order valence-electron chi connectivity index (χ1n) is 7.65. The molecule has 2 aromatic rings. The van der Waals surface area contributed by atoms with Gasteiger partial charge in [0.2, 0.25) is 5.91 Å². The number of carbonyl (C=O) groups excluding carboxylic acids is 1.